The lowest BCUT2D eigenvalue weighted by Gasteiger charge is -2.28. The molecule has 3 amide bonds. The maximum absolute atomic E-state index is 13.5. The van der Waals surface area contributed by atoms with Gasteiger partial charge < -0.3 is 14.4 Å². The first kappa shape index (κ1) is 25.3. The summed E-state index contributed by atoms with van der Waals surface area (Å²) in [7, 11) is 1.60. The van der Waals surface area contributed by atoms with Crippen LogP contribution in [-0.2, 0) is 16.0 Å². The molecule has 1 atom stereocenters. The van der Waals surface area contributed by atoms with Crippen molar-refractivity contribution in [1.29, 1.82) is 0 Å². The summed E-state index contributed by atoms with van der Waals surface area (Å²) in [5.41, 5.74) is 1.82. The quantitative estimate of drug-likeness (QED) is 0.391. The Morgan fingerprint density at radius 1 is 0.972 bits per heavy atom. The van der Waals surface area contributed by atoms with Crippen molar-refractivity contribution in [2.45, 2.75) is 25.8 Å². The van der Waals surface area contributed by atoms with E-state index in [9.17, 15) is 14.4 Å². The van der Waals surface area contributed by atoms with Gasteiger partial charge in [0.25, 0.3) is 11.8 Å². The van der Waals surface area contributed by atoms with E-state index in [-0.39, 0.29) is 24.8 Å². The monoisotopic (exact) mass is 506 g/mol. The third-order valence-corrected chi connectivity index (χ3v) is 6.31. The molecule has 4 rings (SSSR count). The summed E-state index contributed by atoms with van der Waals surface area (Å²) in [6.45, 7) is 2.65. The third kappa shape index (κ3) is 5.52. The van der Waals surface area contributed by atoms with Crippen LogP contribution in [0.3, 0.4) is 0 Å². The summed E-state index contributed by atoms with van der Waals surface area (Å²) in [5.74, 6) is 0.264. The molecule has 1 heterocycles. The lowest BCUT2D eigenvalue weighted by Crippen LogP contribution is -2.46. The molecule has 36 heavy (non-hydrogen) atoms. The molecular weight excluding hydrogens is 480 g/mol. The molecule has 0 aromatic heterocycles. The Kier molecular flexibility index (Phi) is 7.90. The molecule has 1 fully saturated rings. The molecule has 1 aliphatic heterocycles. The molecule has 0 N–H and O–H groups in total. The van der Waals surface area contributed by atoms with Crippen molar-refractivity contribution in [1.82, 2.24) is 4.90 Å². The number of imide groups is 1. The highest BCUT2D eigenvalue weighted by atomic mass is 35.5. The van der Waals surface area contributed by atoms with Crippen LogP contribution >= 0.6 is 11.6 Å². The molecule has 0 unspecified atom stereocenters. The van der Waals surface area contributed by atoms with E-state index in [0.717, 1.165) is 16.2 Å². The van der Waals surface area contributed by atoms with Crippen molar-refractivity contribution < 1.29 is 23.9 Å². The zero-order valence-electron chi connectivity index (χ0n) is 20.1. The van der Waals surface area contributed by atoms with Gasteiger partial charge in [0.15, 0.2) is 0 Å². The molecule has 186 valence electrons. The summed E-state index contributed by atoms with van der Waals surface area (Å²) in [5, 5.41) is 0.505. The lowest BCUT2D eigenvalue weighted by atomic mass is 10.1. The molecule has 0 spiro atoms. The number of ether oxygens (including phenoxy) is 2. The van der Waals surface area contributed by atoms with Crippen LogP contribution < -0.4 is 14.4 Å². The number of halogens is 1. The summed E-state index contributed by atoms with van der Waals surface area (Å²) in [4.78, 5) is 42.6. The van der Waals surface area contributed by atoms with Gasteiger partial charge in [-0.25, -0.2) is 4.90 Å². The number of methoxy groups -OCH3 is 1. The van der Waals surface area contributed by atoms with Gasteiger partial charge in [0.05, 0.1) is 25.8 Å². The highest BCUT2D eigenvalue weighted by Gasteiger charge is 2.44. The highest BCUT2D eigenvalue weighted by molar-refractivity contribution is 6.30. The lowest BCUT2D eigenvalue weighted by molar-refractivity contribution is -0.122. The number of carbonyl (C=O) groups is 3. The van der Waals surface area contributed by atoms with Crippen molar-refractivity contribution in [2.24, 2.45) is 0 Å². The third-order valence-electron chi connectivity index (χ3n) is 6.06. The fourth-order valence-corrected chi connectivity index (χ4v) is 4.31. The van der Waals surface area contributed by atoms with Crippen molar-refractivity contribution in [2.75, 3.05) is 25.2 Å². The van der Waals surface area contributed by atoms with E-state index in [2.05, 4.69) is 0 Å². The van der Waals surface area contributed by atoms with Gasteiger partial charge >= 0.3 is 0 Å². The van der Waals surface area contributed by atoms with E-state index in [1.807, 2.05) is 31.2 Å². The Morgan fingerprint density at radius 2 is 1.61 bits per heavy atom. The van der Waals surface area contributed by atoms with Gasteiger partial charge in [-0.1, -0.05) is 23.7 Å². The summed E-state index contributed by atoms with van der Waals surface area (Å²) in [6, 6.07) is 19.9. The second-order valence-corrected chi connectivity index (χ2v) is 8.75. The number of anilines is 1. The number of hydrogen-bond donors (Lipinski definition) is 0. The van der Waals surface area contributed by atoms with Gasteiger partial charge in [0, 0.05) is 17.1 Å². The molecule has 0 saturated carbocycles. The molecule has 0 radical (unpaired) electrons. The van der Waals surface area contributed by atoms with Crippen LogP contribution in [0.2, 0.25) is 5.02 Å². The fraction of sp³-hybridized carbons (Fsp3) is 0.250. The van der Waals surface area contributed by atoms with E-state index < -0.39 is 11.9 Å². The normalized spacial score (nSPS) is 15.2. The average Bonchev–Trinajstić information content (AvgIpc) is 3.19. The Hall–Kier alpha value is -3.84. The smallest absolute Gasteiger partial charge is 0.257 e. The van der Waals surface area contributed by atoms with E-state index in [1.54, 1.807) is 55.6 Å². The topological polar surface area (TPSA) is 76.2 Å². The zero-order valence-corrected chi connectivity index (χ0v) is 20.9. The zero-order chi connectivity index (χ0) is 25.7. The maximum atomic E-state index is 13.5. The van der Waals surface area contributed by atoms with E-state index in [1.165, 1.54) is 4.90 Å². The Morgan fingerprint density at radius 3 is 2.22 bits per heavy atom. The predicted octanol–water partition coefficient (Wildman–Crippen LogP) is 4.76. The summed E-state index contributed by atoms with van der Waals surface area (Å²) < 4.78 is 10.7. The van der Waals surface area contributed by atoms with Crippen LogP contribution in [0.5, 0.6) is 11.5 Å². The van der Waals surface area contributed by atoms with Gasteiger partial charge in [0.1, 0.15) is 17.5 Å². The Balaban J connectivity index is 1.59. The van der Waals surface area contributed by atoms with Crippen LogP contribution in [0.4, 0.5) is 5.69 Å². The summed E-state index contributed by atoms with van der Waals surface area (Å²) in [6.07, 6.45) is 0.415. The van der Waals surface area contributed by atoms with Gasteiger partial charge in [-0.3, -0.25) is 14.4 Å². The molecule has 7 nitrogen and oxygen atoms in total. The van der Waals surface area contributed by atoms with E-state index in [4.69, 9.17) is 21.1 Å². The van der Waals surface area contributed by atoms with Crippen LogP contribution in [-0.4, -0.2) is 48.9 Å². The number of benzene rings is 3. The van der Waals surface area contributed by atoms with Gasteiger partial charge in [0.2, 0.25) is 5.91 Å². The van der Waals surface area contributed by atoms with Crippen molar-refractivity contribution in [3.8, 4) is 11.5 Å². The molecular formula is C28H27ClN2O5. The minimum absolute atomic E-state index is 0.0893. The van der Waals surface area contributed by atoms with Crippen LogP contribution in [0, 0.1) is 0 Å². The van der Waals surface area contributed by atoms with E-state index in [0.29, 0.717) is 35.1 Å². The maximum Gasteiger partial charge on any atom is 0.257 e. The van der Waals surface area contributed by atoms with Crippen LogP contribution in [0.1, 0.15) is 29.3 Å². The minimum Gasteiger partial charge on any atom is -0.497 e. The van der Waals surface area contributed by atoms with E-state index >= 15 is 0 Å². The average molecular weight is 507 g/mol. The minimum atomic E-state index is -0.912. The highest BCUT2D eigenvalue weighted by Crippen LogP contribution is 2.29. The first-order valence-corrected chi connectivity index (χ1v) is 12.1. The molecule has 1 aliphatic rings. The second kappa shape index (κ2) is 11.3. The first-order chi connectivity index (χ1) is 17.4. The number of carbonyl (C=O) groups excluding carboxylic acids is 3. The standard InChI is InChI=1S/C28H27ClN2O5/c1-3-36-24-14-10-22(11-15-24)31-26(32)18-25(28(31)34)30(27(33)20-6-8-21(29)9-7-20)17-16-19-4-12-23(35-2)13-5-19/h4-15,25H,3,16-18H2,1-2H3/t25-/m1/s1. The van der Waals surface area contributed by atoms with Crippen LogP contribution in [0.25, 0.3) is 0 Å². The van der Waals surface area contributed by atoms with Gasteiger partial charge in [-0.2, -0.15) is 0 Å². The van der Waals surface area contributed by atoms with Crippen LogP contribution in [0.15, 0.2) is 72.8 Å². The predicted molar refractivity (Wildman–Crippen MR) is 138 cm³/mol. The molecule has 1 saturated heterocycles. The molecule has 8 heteroatoms. The SMILES string of the molecule is CCOc1ccc(N2C(=O)C[C@@H](N(CCc3ccc(OC)cc3)C(=O)c3ccc(Cl)cc3)C2=O)cc1. The largest absolute Gasteiger partial charge is 0.497 e. The summed E-state index contributed by atoms with van der Waals surface area (Å²) >= 11 is 6.00. The Bertz CT molecular complexity index is 1230. The number of nitrogens with zero attached hydrogens (tertiary/aromatic N) is 2. The van der Waals surface area contributed by atoms with Crippen molar-refractivity contribution in [3.05, 3.63) is 88.9 Å². The number of amides is 3. The number of hydrogen-bond acceptors (Lipinski definition) is 5. The Labute approximate surface area is 215 Å². The number of rotatable bonds is 9. The van der Waals surface area contributed by atoms with Crippen molar-refractivity contribution >= 4 is 35.0 Å². The molecule has 3 aromatic rings. The molecule has 0 aliphatic carbocycles. The van der Waals surface area contributed by atoms with Gasteiger partial charge in [-0.15, -0.1) is 0 Å². The molecule has 0 bridgehead atoms. The second-order valence-electron chi connectivity index (χ2n) is 8.32. The fourth-order valence-electron chi connectivity index (χ4n) is 4.19. The molecule has 3 aromatic carbocycles. The van der Waals surface area contributed by atoms with Gasteiger partial charge in [-0.05, 0) is 79.6 Å². The van der Waals surface area contributed by atoms with Crippen molar-refractivity contribution in [3.63, 3.8) is 0 Å². The first-order valence-electron chi connectivity index (χ1n) is 11.7.